The Labute approximate surface area is 175 Å². The fourth-order valence-electron chi connectivity index (χ4n) is 2.74. The molecule has 1 atom stereocenters. The number of carbonyl (C=O) groups excluding carboxylic acids is 2. The summed E-state index contributed by atoms with van der Waals surface area (Å²) in [5, 5.41) is 9.42. The van der Waals surface area contributed by atoms with E-state index in [2.05, 4.69) is 15.6 Å². The summed E-state index contributed by atoms with van der Waals surface area (Å²) in [6, 6.07) is 15.7. The molecule has 0 saturated heterocycles. The molecule has 1 unspecified atom stereocenters. The summed E-state index contributed by atoms with van der Waals surface area (Å²) in [4.78, 5) is 31.3. The molecular formula is C21H17N3O3S2. The summed E-state index contributed by atoms with van der Waals surface area (Å²) in [5.74, 6) is -0.0814. The van der Waals surface area contributed by atoms with Crippen molar-refractivity contribution in [3.8, 4) is 10.8 Å². The number of hydrogen-bond acceptors (Lipinski definition) is 6. The fraction of sp³-hybridized carbons (Fsp3) is 0.0952. The van der Waals surface area contributed by atoms with Gasteiger partial charge < -0.3 is 15.1 Å². The minimum absolute atomic E-state index is 0.200. The second-order valence-electron chi connectivity index (χ2n) is 6.13. The van der Waals surface area contributed by atoms with Gasteiger partial charge in [0.25, 0.3) is 5.91 Å². The van der Waals surface area contributed by atoms with Gasteiger partial charge in [0.2, 0.25) is 11.8 Å². The molecule has 2 N–H and O–H groups in total. The molecule has 0 aliphatic heterocycles. The highest BCUT2D eigenvalue weighted by molar-refractivity contribution is 7.13. The van der Waals surface area contributed by atoms with E-state index < -0.39 is 6.04 Å². The Morgan fingerprint density at radius 2 is 1.79 bits per heavy atom. The van der Waals surface area contributed by atoms with Crippen LogP contribution in [0, 0.1) is 0 Å². The highest BCUT2D eigenvalue weighted by Crippen LogP contribution is 2.23. The second-order valence-corrected chi connectivity index (χ2v) is 8.03. The SMILES string of the molecule is O=C(NC(C(=O)NCc1coc(-c2cccs2)n1)c1ccccc1)c1cccs1. The van der Waals surface area contributed by atoms with E-state index in [1.165, 1.54) is 28.9 Å². The first-order valence-electron chi connectivity index (χ1n) is 8.86. The predicted octanol–water partition coefficient (Wildman–Crippen LogP) is 4.25. The molecule has 0 bridgehead atoms. The predicted molar refractivity (Wildman–Crippen MR) is 113 cm³/mol. The zero-order valence-corrected chi connectivity index (χ0v) is 16.8. The van der Waals surface area contributed by atoms with E-state index in [-0.39, 0.29) is 18.4 Å². The Balaban J connectivity index is 1.46. The summed E-state index contributed by atoms with van der Waals surface area (Å²) in [5.41, 5.74) is 1.31. The van der Waals surface area contributed by atoms with Crippen LogP contribution in [-0.2, 0) is 11.3 Å². The van der Waals surface area contributed by atoms with Crippen LogP contribution in [0.25, 0.3) is 10.8 Å². The van der Waals surface area contributed by atoms with Gasteiger partial charge in [-0.1, -0.05) is 42.5 Å². The van der Waals surface area contributed by atoms with Gasteiger partial charge in [0.15, 0.2) is 0 Å². The summed E-state index contributed by atoms with van der Waals surface area (Å²) >= 11 is 2.86. The Kier molecular flexibility index (Phi) is 5.83. The van der Waals surface area contributed by atoms with Gasteiger partial charge in [-0.2, -0.15) is 0 Å². The number of benzene rings is 1. The van der Waals surface area contributed by atoms with E-state index in [4.69, 9.17) is 4.42 Å². The first kappa shape index (κ1) is 19.1. The number of nitrogens with zero attached hydrogens (tertiary/aromatic N) is 1. The molecule has 146 valence electrons. The normalized spacial score (nSPS) is 11.7. The van der Waals surface area contributed by atoms with Gasteiger partial charge in [-0.15, -0.1) is 22.7 Å². The molecule has 0 spiro atoms. The van der Waals surface area contributed by atoms with Crippen LogP contribution in [-0.4, -0.2) is 16.8 Å². The standard InChI is InChI=1S/C21H17N3O3S2/c25-19(16-8-4-10-28-16)24-18(14-6-2-1-3-7-14)20(26)22-12-15-13-27-21(23-15)17-9-5-11-29-17/h1-11,13,18H,12H2,(H,22,26)(H,24,25). The number of amides is 2. The highest BCUT2D eigenvalue weighted by Gasteiger charge is 2.23. The van der Waals surface area contributed by atoms with Crippen LogP contribution in [0.4, 0.5) is 0 Å². The third kappa shape index (κ3) is 4.61. The lowest BCUT2D eigenvalue weighted by atomic mass is 10.1. The van der Waals surface area contributed by atoms with E-state index in [0.717, 1.165) is 4.88 Å². The van der Waals surface area contributed by atoms with Crippen LogP contribution in [0.15, 0.2) is 76.0 Å². The minimum Gasteiger partial charge on any atom is -0.443 e. The molecule has 8 heteroatoms. The summed E-state index contributed by atoms with van der Waals surface area (Å²) < 4.78 is 5.48. The monoisotopic (exact) mass is 423 g/mol. The van der Waals surface area contributed by atoms with Gasteiger partial charge in [-0.05, 0) is 28.5 Å². The van der Waals surface area contributed by atoms with Crippen molar-refractivity contribution in [3.63, 3.8) is 0 Å². The molecule has 3 aromatic heterocycles. The van der Waals surface area contributed by atoms with Gasteiger partial charge >= 0.3 is 0 Å². The van der Waals surface area contributed by atoms with Gasteiger partial charge in [0, 0.05) is 0 Å². The number of hydrogen-bond donors (Lipinski definition) is 2. The van der Waals surface area contributed by atoms with Gasteiger partial charge in [0.1, 0.15) is 12.3 Å². The van der Waals surface area contributed by atoms with Crippen molar-refractivity contribution in [2.24, 2.45) is 0 Å². The van der Waals surface area contributed by atoms with Crippen LogP contribution in [0.2, 0.25) is 0 Å². The highest BCUT2D eigenvalue weighted by atomic mass is 32.1. The molecule has 29 heavy (non-hydrogen) atoms. The van der Waals surface area contributed by atoms with Crippen molar-refractivity contribution >= 4 is 34.5 Å². The topological polar surface area (TPSA) is 84.2 Å². The maximum Gasteiger partial charge on any atom is 0.262 e. The Morgan fingerprint density at radius 1 is 1.00 bits per heavy atom. The summed E-state index contributed by atoms with van der Waals surface area (Å²) in [6.45, 7) is 0.200. The minimum atomic E-state index is -0.811. The lowest BCUT2D eigenvalue weighted by molar-refractivity contribution is -0.123. The van der Waals surface area contributed by atoms with Crippen molar-refractivity contribution in [1.82, 2.24) is 15.6 Å². The van der Waals surface area contributed by atoms with Crippen molar-refractivity contribution in [1.29, 1.82) is 0 Å². The van der Waals surface area contributed by atoms with Crippen molar-refractivity contribution in [2.45, 2.75) is 12.6 Å². The van der Waals surface area contributed by atoms with Crippen LogP contribution >= 0.6 is 22.7 Å². The molecule has 1 aromatic carbocycles. The van der Waals surface area contributed by atoms with E-state index >= 15 is 0 Å². The van der Waals surface area contributed by atoms with Crippen LogP contribution in [0.5, 0.6) is 0 Å². The molecule has 0 aliphatic carbocycles. The van der Waals surface area contributed by atoms with Gasteiger partial charge in [0.05, 0.1) is 22.0 Å². The number of aromatic nitrogens is 1. The zero-order chi connectivity index (χ0) is 20.1. The lowest BCUT2D eigenvalue weighted by Crippen LogP contribution is -2.40. The van der Waals surface area contributed by atoms with Crippen LogP contribution in [0.3, 0.4) is 0 Å². The zero-order valence-electron chi connectivity index (χ0n) is 15.2. The Bertz CT molecular complexity index is 1070. The van der Waals surface area contributed by atoms with E-state index in [9.17, 15) is 9.59 Å². The van der Waals surface area contributed by atoms with Gasteiger partial charge in [-0.3, -0.25) is 9.59 Å². The molecule has 0 aliphatic rings. The lowest BCUT2D eigenvalue weighted by Gasteiger charge is -2.18. The van der Waals surface area contributed by atoms with Crippen LogP contribution in [0.1, 0.15) is 27.0 Å². The molecule has 6 nitrogen and oxygen atoms in total. The van der Waals surface area contributed by atoms with E-state index in [1.807, 2.05) is 53.2 Å². The summed E-state index contributed by atoms with van der Waals surface area (Å²) in [7, 11) is 0. The largest absolute Gasteiger partial charge is 0.443 e. The van der Waals surface area contributed by atoms with Crippen molar-refractivity contribution in [3.05, 3.63) is 87.8 Å². The summed E-state index contributed by atoms with van der Waals surface area (Å²) in [6.07, 6.45) is 1.52. The number of nitrogens with one attached hydrogen (secondary N) is 2. The average Bonchev–Trinajstić information content (AvgIpc) is 3.52. The molecular weight excluding hydrogens is 406 g/mol. The first-order valence-corrected chi connectivity index (χ1v) is 10.6. The molecule has 0 fully saturated rings. The molecule has 3 heterocycles. The quantitative estimate of drug-likeness (QED) is 0.465. The molecule has 0 radical (unpaired) electrons. The van der Waals surface area contributed by atoms with Crippen molar-refractivity contribution < 1.29 is 14.0 Å². The number of oxazole rings is 1. The van der Waals surface area contributed by atoms with Gasteiger partial charge in [-0.25, -0.2) is 4.98 Å². The van der Waals surface area contributed by atoms with E-state index in [0.29, 0.717) is 22.0 Å². The average molecular weight is 424 g/mol. The molecule has 2 amide bonds. The maximum atomic E-state index is 12.9. The third-order valence-electron chi connectivity index (χ3n) is 4.14. The van der Waals surface area contributed by atoms with Crippen molar-refractivity contribution in [2.75, 3.05) is 0 Å². The number of thiophene rings is 2. The smallest absolute Gasteiger partial charge is 0.262 e. The maximum absolute atomic E-state index is 12.9. The first-order chi connectivity index (χ1) is 14.2. The molecule has 0 saturated carbocycles. The Morgan fingerprint density at radius 3 is 2.52 bits per heavy atom. The molecule has 4 aromatic rings. The molecule has 4 rings (SSSR count). The Hall–Kier alpha value is -3.23. The second kappa shape index (κ2) is 8.85. The number of carbonyl (C=O) groups is 2. The van der Waals surface area contributed by atoms with E-state index in [1.54, 1.807) is 12.1 Å². The van der Waals surface area contributed by atoms with Crippen LogP contribution < -0.4 is 10.6 Å². The number of rotatable bonds is 7. The third-order valence-corrected chi connectivity index (χ3v) is 5.87. The fourth-order valence-corrected chi connectivity index (χ4v) is 4.02.